The van der Waals surface area contributed by atoms with Crippen LogP contribution in [0.3, 0.4) is 0 Å². The third-order valence-electron chi connectivity index (χ3n) is 1.96. The molecule has 0 aromatic heterocycles. The van der Waals surface area contributed by atoms with Crippen LogP contribution in [-0.2, 0) is 6.54 Å². The van der Waals surface area contributed by atoms with Crippen LogP contribution in [0.5, 0.6) is 5.75 Å². The molecule has 0 radical (unpaired) electrons. The van der Waals surface area contributed by atoms with Gasteiger partial charge in [0, 0.05) is 25.1 Å². The van der Waals surface area contributed by atoms with Crippen molar-refractivity contribution in [3.05, 3.63) is 29.8 Å². The van der Waals surface area contributed by atoms with E-state index in [-0.39, 0.29) is 12.3 Å². The normalized spacial score (nSPS) is 10.9. The summed E-state index contributed by atoms with van der Waals surface area (Å²) < 4.78 is 40.2. The van der Waals surface area contributed by atoms with E-state index in [2.05, 4.69) is 16.0 Å². The standard InChI is InChI=1S/C12H12F3NO/c1-2-3-8-16-9-10-6-4-5-7-11(10)17-12(13,14)15/h1,4-7,16H,3,8-9H2. The SMILES string of the molecule is C#CCCNCc1ccccc1OC(F)(F)F. The van der Waals surface area contributed by atoms with E-state index in [9.17, 15) is 13.2 Å². The number of terminal acetylenes is 1. The summed E-state index contributed by atoms with van der Waals surface area (Å²) in [5.41, 5.74) is 0.446. The number of hydrogen-bond donors (Lipinski definition) is 1. The van der Waals surface area contributed by atoms with Crippen molar-refractivity contribution in [2.24, 2.45) is 0 Å². The second kappa shape index (κ2) is 6.16. The molecule has 1 aromatic carbocycles. The maximum atomic E-state index is 12.1. The Morgan fingerprint density at radius 2 is 2.00 bits per heavy atom. The Bertz CT molecular complexity index is 395. The highest BCUT2D eigenvalue weighted by Gasteiger charge is 2.31. The highest BCUT2D eigenvalue weighted by atomic mass is 19.4. The van der Waals surface area contributed by atoms with E-state index in [1.165, 1.54) is 12.1 Å². The molecule has 1 rings (SSSR count). The molecule has 17 heavy (non-hydrogen) atoms. The summed E-state index contributed by atoms with van der Waals surface area (Å²) in [5, 5.41) is 2.94. The number of benzene rings is 1. The fraction of sp³-hybridized carbons (Fsp3) is 0.333. The summed E-state index contributed by atoms with van der Waals surface area (Å²) >= 11 is 0. The van der Waals surface area contributed by atoms with Gasteiger partial charge in [-0.05, 0) is 6.07 Å². The molecule has 0 amide bonds. The fourth-order valence-electron chi connectivity index (χ4n) is 1.26. The van der Waals surface area contributed by atoms with E-state index in [1.54, 1.807) is 12.1 Å². The lowest BCUT2D eigenvalue weighted by molar-refractivity contribution is -0.274. The predicted octanol–water partition coefficient (Wildman–Crippen LogP) is 2.70. The molecule has 92 valence electrons. The van der Waals surface area contributed by atoms with Crippen molar-refractivity contribution < 1.29 is 17.9 Å². The van der Waals surface area contributed by atoms with Gasteiger partial charge in [-0.2, -0.15) is 0 Å². The minimum atomic E-state index is -4.67. The summed E-state index contributed by atoms with van der Waals surface area (Å²) in [6.07, 6.45) is 0.916. The largest absolute Gasteiger partial charge is 0.573 e. The smallest absolute Gasteiger partial charge is 0.405 e. The van der Waals surface area contributed by atoms with Crippen molar-refractivity contribution in [2.75, 3.05) is 6.54 Å². The topological polar surface area (TPSA) is 21.3 Å². The average molecular weight is 243 g/mol. The number of rotatable bonds is 5. The number of halogens is 3. The van der Waals surface area contributed by atoms with Crippen molar-refractivity contribution >= 4 is 0 Å². The first-order valence-corrected chi connectivity index (χ1v) is 5.01. The number of nitrogens with one attached hydrogen (secondary N) is 1. The highest BCUT2D eigenvalue weighted by Crippen LogP contribution is 2.25. The van der Waals surface area contributed by atoms with E-state index in [0.29, 0.717) is 18.5 Å². The van der Waals surface area contributed by atoms with Crippen LogP contribution in [0.25, 0.3) is 0 Å². The third kappa shape index (κ3) is 5.27. The second-order valence-electron chi connectivity index (χ2n) is 3.29. The van der Waals surface area contributed by atoms with Crippen LogP contribution in [0.2, 0.25) is 0 Å². The van der Waals surface area contributed by atoms with Gasteiger partial charge in [-0.3, -0.25) is 0 Å². The van der Waals surface area contributed by atoms with Crippen LogP contribution >= 0.6 is 0 Å². The molecule has 0 bridgehead atoms. The van der Waals surface area contributed by atoms with Gasteiger partial charge in [0.05, 0.1) is 0 Å². The number of hydrogen-bond acceptors (Lipinski definition) is 2. The summed E-state index contributed by atoms with van der Waals surface area (Å²) in [5.74, 6) is 2.25. The van der Waals surface area contributed by atoms with Gasteiger partial charge in [-0.1, -0.05) is 18.2 Å². The summed E-state index contributed by atoms with van der Waals surface area (Å²) in [6, 6.07) is 6.00. The molecule has 1 N–H and O–H groups in total. The molecule has 0 spiro atoms. The lowest BCUT2D eigenvalue weighted by atomic mass is 10.2. The zero-order chi connectivity index (χ0) is 12.7. The van der Waals surface area contributed by atoms with Gasteiger partial charge in [0.1, 0.15) is 5.75 Å². The Morgan fingerprint density at radius 1 is 1.29 bits per heavy atom. The molecule has 0 fully saturated rings. The minimum absolute atomic E-state index is 0.187. The van der Waals surface area contributed by atoms with Crippen molar-refractivity contribution in [2.45, 2.75) is 19.3 Å². The summed E-state index contributed by atoms with van der Waals surface area (Å²) in [4.78, 5) is 0. The molecule has 0 aliphatic heterocycles. The molecule has 0 aliphatic carbocycles. The molecule has 2 nitrogen and oxygen atoms in total. The Labute approximate surface area is 97.8 Å². The molecule has 0 heterocycles. The van der Waals surface area contributed by atoms with Crippen molar-refractivity contribution in [1.29, 1.82) is 0 Å². The third-order valence-corrected chi connectivity index (χ3v) is 1.96. The molecule has 0 saturated carbocycles. The molecule has 0 aliphatic rings. The second-order valence-corrected chi connectivity index (χ2v) is 3.29. The fourth-order valence-corrected chi connectivity index (χ4v) is 1.26. The first-order chi connectivity index (χ1) is 8.03. The van der Waals surface area contributed by atoms with E-state index in [0.717, 1.165) is 0 Å². The van der Waals surface area contributed by atoms with Crippen molar-refractivity contribution in [1.82, 2.24) is 5.32 Å². The van der Waals surface area contributed by atoms with Gasteiger partial charge in [0.15, 0.2) is 0 Å². The maximum Gasteiger partial charge on any atom is 0.573 e. The molecule has 5 heteroatoms. The van der Waals surface area contributed by atoms with Crippen LogP contribution < -0.4 is 10.1 Å². The highest BCUT2D eigenvalue weighted by molar-refractivity contribution is 5.33. The molecule has 0 saturated heterocycles. The maximum absolute atomic E-state index is 12.1. The first kappa shape index (κ1) is 13.4. The van der Waals surface area contributed by atoms with Crippen LogP contribution in [0.15, 0.2) is 24.3 Å². The van der Waals surface area contributed by atoms with Crippen LogP contribution in [-0.4, -0.2) is 12.9 Å². The van der Waals surface area contributed by atoms with Gasteiger partial charge in [0.2, 0.25) is 0 Å². The van der Waals surface area contributed by atoms with E-state index >= 15 is 0 Å². The van der Waals surface area contributed by atoms with Gasteiger partial charge < -0.3 is 10.1 Å². The monoisotopic (exact) mass is 243 g/mol. The molecular formula is C12H12F3NO. The Hall–Kier alpha value is -1.67. The van der Waals surface area contributed by atoms with Gasteiger partial charge in [-0.25, -0.2) is 0 Å². The Kier molecular flexibility index (Phi) is 4.85. The zero-order valence-electron chi connectivity index (χ0n) is 9.05. The molecular weight excluding hydrogens is 231 g/mol. The van der Waals surface area contributed by atoms with Gasteiger partial charge >= 0.3 is 6.36 Å². The lowest BCUT2D eigenvalue weighted by Gasteiger charge is -2.13. The molecule has 0 unspecified atom stereocenters. The lowest BCUT2D eigenvalue weighted by Crippen LogP contribution is -2.20. The van der Waals surface area contributed by atoms with Gasteiger partial charge in [0.25, 0.3) is 0 Å². The molecule has 1 aromatic rings. The quantitative estimate of drug-likeness (QED) is 0.634. The van der Waals surface area contributed by atoms with Crippen LogP contribution in [0.1, 0.15) is 12.0 Å². The van der Waals surface area contributed by atoms with Crippen molar-refractivity contribution in [3.8, 4) is 18.1 Å². The number of para-hydroxylation sites is 1. The van der Waals surface area contributed by atoms with Crippen molar-refractivity contribution in [3.63, 3.8) is 0 Å². The summed E-state index contributed by atoms with van der Waals surface area (Å²) in [7, 11) is 0. The van der Waals surface area contributed by atoms with Crippen LogP contribution in [0.4, 0.5) is 13.2 Å². The number of ether oxygens (including phenoxy) is 1. The number of alkyl halides is 3. The van der Waals surface area contributed by atoms with Crippen LogP contribution in [0, 0.1) is 12.3 Å². The Balaban J connectivity index is 2.62. The minimum Gasteiger partial charge on any atom is -0.405 e. The Morgan fingerprint density at radius 3 is 2.65 bits per heavy atom. The van der Waals surface area contributed by atoms with E-state index in [1.807, 2.05) is 0 Å². The predicted molar refractivity (Wildman–Crippen MR) is 58.3 cm³/mol. The van der Waals surface area contributed by atoms with Gasteiger partial charge in [-0.15, -0.1) is 25.5 Å². The molecule has 0 atom stereocenters. The van der Waals surface area contributed by atoms with E-state index in [4.69, 9.17) is 6.42 Å². The summed E-state index contributed by atoms with van der Waals surface area (Å²) in [6.45, 7) is 0.838. The first-order valence-electron chi connectivity index (χ1n) is 5.01. The zero-order valence-corrected chi connectivity index (χ0v) is 9.05. The average Bonchev–Trinajstić information content (AvgIpc) is 2.24. The van der Waals surface area contributed by atoms with E-state index < -0.39 is 6.36 Å².